The van der Waals surface area contributed by atoms with Gasteiger partial charge in [0, 0.05) is 11.1 Å². The Labute approximate surface area is 191 Å². The summed E-state index contributed by atoms with van der Waals surface area (Å²) in [6, 6.07) is 22.4. The number of aromatic hydroxyl groups is 2. The molecule has 4 aromatic rings. The SMILES string of the molecule is Oc1ccccc1-c1cccc(C(F)(F)F)c1.Oc1ccccc1-c1cccc(C(F)(F)F)c1. The molecule has 0 atom stereocenters. The van der Waals surface area contributed by atoms with Crippen molar-refractivity contribution in [3.05, 3.63) is 108 Å². The van der Waals surface area contributed by atoms with E-state index in [0.717, 1.165) is 24.3 Å². The van der Waals surface area contributed by atoms with Crippen molar-refractivity contribution < 1.29 is 36.6 Å². The van der Waals surface area contributed by atoms with Gasteiger partial charge in [0.15, 0.2) is 0 Å². The average Bonchev–Trinajstić information content (AvgIpc) is 2.79. The fraction of sp³-hybridized carbons (Fsp3) is 0.0769. The lowest BCUT2D eigenvalue weighted by atomic mass is 10.0. The van der Waals surface area contributed by atoms with Gasteiger partial charge in [-0.15, -0.1) is 0 Å². The summed E-state index contributed by atoms with van der Waals surface area (Å²) in [5, 5.41) is 19.2. The molecule has 4 aromatic carbocycles. The Morgan fingerprint density at radius 3 is 1.12 bits per heavy atom. The van der Waals surface area contributed by atoms with Crippen molar-refractivity contribution in [1.29, 1.82) is 0 Å². The molecule has 0 bridgehead atoms. The quantitative estimate of drug-likeness (QED) is 0.287. The molecule has 0 radical (unpaired) electrons. The zero-order valence-corrected chi connectivity index (χ0v) is 17.4. The molecule has 0 fully saturated rings. The zero-order chi connectivity index (χ0) is 24.9. The van der Waals surface area contributed by atoms with E-state index >= 15 is 0 Å². The summed E-state index contributed by atoms with van der Waals surface area (Å²) in [5.41, 5.74) is 0.0181. The second kappa shape index (κ2) is 9.91. The van der Waals surface area contributed by atoms with E-state index in [1.807, 2.05) is 0 Å². The van der Waals surface area contributed by atoms with Gasteiger partial charge in [-0.1, -0.05) is 60.7 Å². The van der Waals surface area contributed by atoms with E-state index in [1.54, 1.807) is 36.4 Å². The van der Waals surface area contributed by atoms with Gasteiger partial charge in [-0.25, -0.2) is 0 Å². The number of hydrogen-bond acceptors (Lipinski definition) is 2. The molecule has 34 heavy (non-hydrogen) atoms. The molecule has 0 spiro atoms. The van der Waals surface area contributed by atoms with E-state index in [1.165, 1.54) is 36.4 Å². The Bertz CT molecular complexity index is 1160. The number of hydrogen-bond donors (Lipinski definition) is 2. The summed E-state index contributed by atoms with van der Waals surface area (Å²) >= 11 is 0. The van der Waals surface area contributed by atoms with Crippen LogP contribution in [0.1, 0.15) is 11.1 Å². The predicted octanol–water partition coefficient (Wildman–Crippen LogP) is 8.16. The second-order valence-electron chi connectivity index (χ2n) is 7.19. The van der Waals surface area contributed by atoms with Crippen molar-refractivity contribution in [2.45, 2.75) is 12.4 Å². The molecule has 8 heteroatoms. The fourth-order valence-corrected chi connectivity index (χ4v) is 3.16. The summed E-state index contributed by atoms with van der Waals surface area (Å²) in [6.07, 6.45) is -8.75. The number of phenols is 2. The van der Waals surface area contributed by atoms with Crippen molar-refractivity contribution >= 4 is 0 Å². The lowest BCUT2D eigenvalue weighted by Crippen LogP contribution is -2.04. The smallest absolute Gasteiger partial charge is 0.416 e. The van der Waals surface area contributed by atoms with Gasteiger partial charge in [0.05, 0.1) is 11.1 Å². The van der Waals surface area contributed by atoms with Crippen LogP contribution in [0.25, 0.3) is 22.3 Å². The van der Waals surface area contributed by atoms with Crippen molar-refractivity contribution in [1.82, 2.24) is 0 Å². The number of para-hydroxylation sites is 2. The molecule has 0 aliphatic rings. The molecule has 176 valence electrons. The van der Waals surface area contributed by atoms with Crippen molar-refractivity contribution in [3.8, 4) is 33.8 Å². The largest absolute Gasteiger partial charge is 0.507 e. The Hall–Kier alpha value is -3.94. The van der Waals surface area contributed by atoms with Gasteiger partial charge in [0.1, 0.15) is 11.5 Å². The molecule has 0 aliphatic heterocycles. The molecule has 0 saturated carbocycles. The van der Waals surface area contributed by atoms with E-state index in [-0.39, 0.29) is 11.5 Å². The molecule has 2 N–H and O–H groups in total. The van der Waals surface area contributed by atoms with E-state index in [0.29, 0.717) is 22.3 Å². The molecule has 0 aromatic heterocycles. The highest BCUT2D eigenvalue weighted by Gasteiger charge is 2.31. The number of halogens is 6. The summed E-state index contributed by atoms with van der Waals surface area (Å²) in [4.78, 5) is 0. The average molecular weight is 476 g/mol. The van der Waals surface area contributed by atoms with Gasteiger partial charge in [-0.05, 0) is 47.5 Å². The van der Waals surface area contributed by atoms with E-state index in [2.05, 4.69) is 0 Å². The maximum absolute atomic E-state index is 12.5. The first-order chi connectivity index (χ1) is 16.0. The molecular formula is C26H18F6O2. The van der Waals surface area contributed by atoms with Crippen LogP contribution in [0.4, 0.5) is 26.3 Å². The van der Waals surface area contributed by atoms with E-state index in [9.17, 15) is 36.6 Å². The molecule has 0 amide bonds. The highest BCUT2D eigenvalue weighted by Crippen LogP contribution is 2.36. The van der Waals surface area contributed by atoms with Crippen LogP contribution in [0.5, 0.6) is 11.5 Å². The van der Waals surface area contributed by atoms with Crippen molar-refractivity contribution in [3.63, 3.8) is 0 Å². The maximum Gasteiger partial charge on any atom is 0.416 e. The minimum absolute atomic E-state index is 0.0353. The molecule has 0 aliphatic carbocycles. The van der Waals surface area contributed by atoms with Crippen LogP contribution in [0.3, 0.4) is 0 Å². The first-order valence-corrected chi connectivity index (χ1v) is 9.88. The number of benzene rings is 4. The minimum Gasteiger partial charge on any atom is -0.507 e. The number of rotatable bonds is 2. The van der Waals surface area contributed by atoms with Crippen LogP contribution >= 0.6 is 0 Å². The van der Waals surface area contributed by atoms with Crippen LogP contribution in [-0.4, -0.2) is 10.2 Å². The van der Waals surface area contributed by atoms with Crippen LogP contribution in [-0.2, 0) is 12.4 Å². The van der Waals surface area contributed by atoms with Gasteiger partial charge in [-0.3, -0.25) is 0 Å². The van der Waals surface area contributed by atoms with Gasteiger partial charge in [0.25, 0.3) is 0 Å². The summed E-state index contributed by atoms with van der Waals surface area (Å²) in [5.74, 6) is -0.0707. The Morgan fingerprint density at radius 1 is 0.441 bits per heavy atom. The molecule has 2 nitrogen and oxygen atoms in total. The third-order valence-corrected chi connectivity index (χ3v) is 4.81. The highest BCUT2D eigenvalue weighted by molar-refractivity contribution is 5.71. The highest BCUT2D eigenvalue weighted by atomic mass is 19.4. The van der Waals surface area contributed by atoms with Crippen LogP contribution < -0.4 is 0 Å². The predicted molar refractivity (Wildman–Crippen MR) is 117 cm³/mol. The monoisotopic (exact) mass is 476 g/mol. The molecule has 0 saturated heterocycles. The third-order valence-electron chi connectivity index (χ3n) is 4.81. The molecule has 0 unspecified atom stereocenters. The maximum atomic E-state index is 12.5. The number of phenolic OH excluding ortho intramolecular Hbond substituents is 2. The standard InChI is InChI=1S/2C13H9F3O/c2*14-13(15,16)10-5-3-4-9(8-10)11-6-1-2-7-12(11)17/h2*1-8,17H. The Kier molecular flexibility index (Phi) is 7.20. The van der Waals surface area contributed by atoms with Crippen LogP contribution in [0.2, 0.25) is 0 Å². The lowest BCUT2D eigenvalue weighted by molar-refractivity contribution is -0.138. The first kappa shape index (κ1) is 24.7. The summed E-state index contributed by atoms with van der Waals surface area (Å²) in [7, 11) is 0. The summed E-state index contributed by atoms with van der Waals surface area (Å²) < 4.78 is 75.1. The molecular weight excluding hydrogens is 458 g/mol. The topological polar surface area (TPSA) is 40.5 Å². The normalized spacial score (nSPS) is 11.5. The molecule has 0 heterocycles. The number of alkyl halides is 6. The van der Waals surface area contributed by atoms with Gasteiger partial charge in [-0.2, -0.15) is 26.3 Å². The first-order valence-electron chi connectivity index (χ1n) is 9.88. The summed E-state index contributed by atoms with van der Waals surface area (Å²) in [6.45, 7) is 0. The van der Waals surface area contributed by atoms with E-state index in [4.69, 9.17) is 0 Å². The Morgan fingerprint density at radius 2 is 0.794 bits per heavy atom. The Balaban J connectivity index is 0.000000191. The minimum atomic E-state index is -4.37. The zero-order valence-electron chi connectivity index (χ0n) is 17.4. The van der Waals surface area contributed by atoms with Gasteiger partial charge in [0.2, 0.25) is 0 Å². The van der Waals surface area contributed by atoms with Crippen LogP contribution in [0.15, 0.2) is 97.1 Å². The van der Waals surface area contributed by atoms with Gasteiger partial charge < -0.3 is 10.2 Å². The molecule has 4 rings (SSSR count). The van der Waals surface area contributed by atoms with Gasteiger partial charge >= 0.3 is 12.4 Å². The van der Waals surface area contributed by atoms with Crippen molar-refractivity contribution in [2.24, 2.45) is 0 Å². The third kappa shape index (κ3) is 6.10. The second-order valence-corrected chi connectivity index (χ2v) is 7.19. The van der Waals surface area contributed by atoms with E-state index < -0.39 is 23.5 Å². The van der Waals surface area contributed by atoms with Crippen molar-refractivity contribution in [2.75, 3.05) is 0 Å². The van der Waals surface area contributed by atoms with Crippen LogP contribution in [0, 0.1) is 0 Å². The lowest BCUT2D eigenvalue weighted by Gasteiger charge is -2.09. The fourth-order valence-electron chi connectivity index (χ4n) is 3.16.